The van der Waals surface area contributed by atoms with Crippen molar-refractivity contribution in [3.05, 3.63) is 0 Å². The molecule has 4 aliphatic carbocycles. The van der Waals surface area contributed by atoms with Crippen LogP contribution in [0.3, 0.4) is 0 Å². The molecule has 0 spiro atoms. The Bertz CT molecular complexity index is 515. The first-order valence-corrected chi connectivity index (χ1v) is 8.54. The highest BCUT2D eigenvalue weighted by molar-refractivity contribution is 5.86. The molecule has 0 radical (unpaired) electrons. The van der Waals surface area contributed by atoms with E-state index in [2.05, 4.69) is 6.92 Å². The summed E-state index contributed by atoms with van der Waals surface area (Å²) in [5.41, 5.74) is 0. The van der Waals surface area contributed by atoms with E-state index in [0.29, 0.717) is 17.8 Å². The molecule has 5 fully saturated rings. The smallest absolute Gasteiger partial charge is 0.310 e. The lowest BCUT2D eigenvalue weighted by atomic mass is 9.75. The van der Waals surface area contributed by atoms with E-state index in [1.54, 1.807) is 0 Å². The summed E-state index contributed by atoms with van der Waals surface area (Å²) in [4.78, 5) is 24.8. The Labute approximate surface area is 124 Å². The quantitative estimate of drug-likeness (QED) is 0.731. The van der Waals surface area contributed by atoms with E-state index in [4.69, 9.17) is 9.47 Å². The highest BCUT2D eigenvalue weighted by Gasteiger charge is 2.67. The first-order valence-electron chi connectivity index (χ1n) is 8.54. The molecule has 1 heterocycles. The van der Waals surface area contributed by atoms with Gasteiger partial charge >= 0.3 is 11.9 Å². The Morgan fingerprint density at radius 1 is 1.19 bits per heavy atom. The Kier molecular flexibility index (Phi) is 2.39. The highest BCUT2D eigenvalue weighted by Crippen LogP contribution is 2.60. The molecule has 114 valence electrons. The topological polar surface area (TPSA) is 52.6 Å². The van der Waals surface area contributed by atoms with Gasteiger partial charge in [0.1, 0.15) is 12.2 Å². The van der Waals surface area contributed by atoms with Crippen molar-refractivity contribution in [3.63, 3.8) is 0 Å². The molecule has 0 N–H and O–H groups in total. The van der Waals surface area contributed by atoms with Crippen LogP contribution in [0, 0.1) is 41.4 Å². The molecule has 9 unspecified atom stereocenters. The van der Waals surface area contributed by atoms with Crippen LogP contribution in [0.5, 0.6) is 0 Å². The van der Waals surface area contributed by atoms with Gasteiger partial charge < -0.3 is 9.47 Å². The van der Waals surface area contributed by atoms with Crippen LogP contribution in [0.15, 0.2) is 0 Å². The van der Waals surface area contributed by atoms with Crippen LogP contribution in [0.25, 0.3) is 0 Å². The zero-order valence-electron chi connectivity index (χ0n) is 12.4. The summed E-state index contributed by atoms with van der Waals surface area (Å²) in [6, 6.07) is 0. The Morgan fingerprint density at radius 3 is 2.76 bits per heavy atom. The van der Waals surface area contributed by atoms with Crippen LogP contribution in [-0.4, -0.2) is 24.1 Å². The van der Waals surface area contributed by atoms with Crippen molar-refractivity contribution >= 4 is 11.9 Å². The van der Waals surface area contributed by atoms with Gasteiger partial charge in [-0.15, -0.1) is 0 Å². The maximum Gasteiger partial charge on any atom is 0.310 e. The van der Waals surface area contributed by atoms with Crippen LogP contribution in [0.2, 0.25) is 0 Å². The molecule has 5 aliphatic rings. The van der Waals surface area contributed by atoms with E-state index in [-0.39, 0.29) is 41.9 Å². The van der Waals surface area contributed by atoms with Gasteiger partial charge in [0.15, 0.2) is 0 Å². The van der Waals surface area contributed by atoms with Crippen LogP contribution >= 0.6 is 0 Å². The largest absolute Gasteiger partial charge is 0.462 e. The van der Waals surface area contributed by atoms with Crippen LogP contribution in [-0.2, 0) is 19.1 Å². The number of rotatable bonds is 2. The minimum Gasteiger partial charge on any atom is -0.462 e. The number of fused-ring (bicyclic) bond motifs is 3. The first-order chi connectivity index (χ1) is 10.1. The average Bonchev–Trinajstić information content (AvgIpc) is 3.19. The predicted molar refractivity (Wildman–Crippen MR) is 72.9 cm³/mol. The van der Waals surface area contributed by atoms with Gasteiger partial charge in [-0.1, -0.05) is 6.92 Å². The molecule has 0 aromatic carbocycles. The maximum atomic E-state index is 12.7. The van der Waals surface area contributed by atoms with Gasteiger partial charge in [-0.3, -0.25) is 9.59 Å². The zero-order valence-corrected chi connectivity index (χ0v) is 12.4. The Morgan fingerprint density at radius 2 is 2.05 bits per heavy atom. The molecule has 4 saturated carbocycles. The molecule has 9 atom stereocenters. The summed E-state index contributed by atoms with van der Waals surface area (Å²) in [7, 11) is 0. The summed E-state index contributed by atoms with van der Waals surface area (Å²) in [6.07, 6.45) is 5.96. The van der Waals surface area contributed by atoms with Crippen molar-refractivity contribution in [3.8, 4) is 0 Å². The summed E-state index contributed by atoms with van der Waals surface area (Å²) < 4.78 is 11.4. The fourth-order valence-corrected chi connectivity index (χ4v) is 6.26. The van der Waals surface area contributed by atoms with E-state index >= 15 is 0 Å². The molecule has 1 saturated heterocycles. The number of hydrogen-bond acceptors (Lipinski definition) is 4. The lowest BCUT2D eigenvalue weighted by Crippen LogP contribution is -2.39. The van der Waals surface area contributed by atoms with Gasteiger partial charge in [-0.05, 0) is 55.8 Å². The van der Waals surface area contributed by atoms with E-state index < -0.39 is 0 Å². The minimum absolute atomic E-state index is 0.0686. The summed E-state index contributed by atoms with van der Waals surface area (Å²) in [5, 5.41) is 0. The van der Waals surface area contributed by atoms with Gasteiger partial charge in [0.25, 0.3) is 0 Å². The third kappa shape index (κ3) is 1.51. The van der Waals surface area contributed by atoms with Crippen molar-refractivity contribution in [2.24, 2.45) is 41.4 Å². The summed E-state index contributed by atoms with van der Waals surface area (Å²) in [6.45, 7) is 2.13. The van der Waals surface area contributed by atoms with Crippen LogP contribution in [0.1, 0.15) is 39.0 Å². The van der Waals surface area contributed by atoms with Gasteiger partial charge in [0.2, 0.25) is 0 Å². The molecule has 0 aromatic heterocycles. The van der Waals surface area contributed by atoms with Crippen LogP contribution < -0.4 is 0 Å². The molecule has 5 rings (SSSR count). The highest BCUT2D eigenvalue weighted by atomic mass is 16.6. The second-order valence-corrected chi connectivity index (χ2v) is 8.03. The predicted octanol–water partition coefficient (Wildman–Crippen LogP) is 2.16. The first kappa shape index (κ1) is 12.5. The second-order valence-electron chi connectivity index (χ2n) is 8.03. The van der Waals surface area contributed by atoms with Crippen molar-refractivity contribution in [2.75, 3.05) is 0 Å². The molecule has 21 heavy (non-hydrogen) atoms. The third-order valence-electron chi connectivity index (χ3n) is 7.21. The van der Waals surface area contributed by atoms with Crippen molar-refractivity contribution < 1.29 is 19.1 Å². The Hall–Kier alpha value is -1.06. The summed E-state index contributed by atoms with van der Waals surface area (Å²) in [5.74, 6) is 1.55. The molecule has 1 aliphatic heterocycles. The zero-order chi connectivity index (χ0) is 14.3. The monoisotopic (exact) mass is 290 g/mol. The number of esters is 2. The molecule has 4 heteroatoms. The minimum atomic E-state index is -0.227. The SMILES string of the molecule is CC1C2CC3C1OC(=O)C3C2C(=O)OC1CC2CCC1C2. The Balaban J connectivity index is 1.36. The van der Waals surface area contributed by atoms with Gasteiger partial charge in [0, 0.05) is 5.92 Å². The molecule has 4 bridgehead atoms. The van der Waals surface area contributed by atoms with E-state index in [9.17, 15) is 9.59 Å². The molecule has 0 amide bonds. The molecule has 4 nitrogen and oxygen atoms in total. The number of carbonyl (C=O) groups is 2. The molecular formula is C17H22O4. The molecule has 0 aromatic rings. The summed E-state index contributed by atoms with van der Waals surface area (Å²) >= 11 is 0. The van der Waals surface area contributed by atoms with Crippen LogP contribution in [0.4, 0.5) is 0 Å². The van der Waals surface area contributed by atoms with E-state index in [0.717, 1.165) is 18.8 Å². The normalized spacial score (nSPS) is 56.0. The van der Waals surface area contributed by atoms with Crippen molar-refractivity contribution in [1.82, 2.24) is 0 Å². The van der Waals surface area contributed by atoms with Crippen molar-refractivity contribution in [1.29, 1.82) is 0 Å². The van der Waals surface area contributed by atoms with Gasteiger partial charge in [-0.2, -0.15) is 0 Å². The number of carbonyl (C=O) groups excluding carboxylic acids is 2. The average molecular weight is 290 g/mol. The number of ether oxygens (including phenoxy) is 2. The van der Waals surface area contributed by atoms with Gasteiger partial charge in [0.05, 0.1) is 11.8 Å². The van der Waals surface area contributed by atoms with Crippen molar-refractivity contribution in [2.45, 2.75) is 51.2 Å². The lowest BCUT2D eigenvalue weighted by molar-refractivity contribution is -0.162. The standard InChI is InChI=1S/C17H22O4/c1-7-10-6-11-14(17(19)21-15(7)11)13(10)16(18)20-12-5-8-2-3-9(12)4-8/h7-15H,2-6H2,1H3. The number of hydrogen-bond donors (Lipinski definition) is 0. The van der Waals surface area contributed by atoms with E-state index in [1.807, 2.05) is 0 Å². The van der Waals surface area contributed by atoms with E-state index in [1.165, 1.54) is 19.3 Å². The maximum absolute atomic E-state index is 12.7. The fraction of sp³-hybridized carbons (Fsp3) is 0.882. The van der Waals surface area contributed by atoms with Gasteiger partial charge in [-0.25, -0.2) is 0 Å². The fourth-order valence-electron chi connectivity index (χ4n) is 6.26. The third-order valence-corrected chi connectivity index (χ3v) is 7.21. The molecular weight excluding hydrogens is 268 g/mol. The second kappa shape index (κ2) is 4.02. The lowest BCUT2D eigenvalue weighted by Gasteiger charge is -2.30.